The molecule has 0 atom stereocenters. The molecule has 138 valence electrons. The van der Waals surface area contributed by atoms with Crippen LogP contribution in [-0.2, 0) is 11.2 Å². The first-order chi connectivity index (χ1) is 12.9. The molecule has 0 saturated carbocycles. The van der Waals surface area contributed by atoms with Gasteiger partial charge in [0.05, 0.1) is 38.1 Å². The molecule has 1 saturated heterocycles. The molecule has 4 rings (SSSR count). The van der Waals surface area contributed by atoms with Gasteiger partial charge in [0, 0.05) is 5.69 Å². The first-order valence-electron chi connectivity index (χ1n) is 8.02. The molecule has 1 aliphatic heterocycles. The first-order valence-corrected chi connectivity index (χ1v) is 8.02. The number of hydrogen-bond donors (Lipinski definition) is 2. The Hall–Kier alpha value is -3.60. The minimum absolute atomic E-state index is 0.0916. The molecular weight excluding hydrogens is 354 g/mol. The molecule has 0 radical (unpaired) electrons. The Labute approximate surface area is 152 Å². The van der Waals surface area contributed by atoms with Crippen molar-refractivity contribution in [1.82, 2.24) is 29.9 Å². The highest BCUT2D eigenvalue weighted by Crippen LogP contribution is 2.22. The summed E-state index contributed by atoms with van der Waals surface area (Å²) in [7, 11) is 0. The quantitative estimate of drug-likeness (QED) is 0.575. The van der Waals surface area contributed by atoms with Gasteiger partial charge in [0.25, 0.3) is 11.8 Å². The van der Waals surface area contributed by atoms with Crippen LogP contribution in [0.5, 0.6) is 0 Å². The summed E-state index contributed by atoms with van der Waals surface area (Å²) in [5, 5.41) is 17.9. The second kappa shape index (κ2) is 6.29. The second-order valence-electron chi connectivity index (χ2n) is 6.19. The van der Waals surface area contributed by atoms with Gasteiger partial charge in [-0.2, -0.15) is 15.0 Å². The maximum absolute atomic E-state index is 12.3. The number of pyridine rings is 1. The zero-order chi connectivity index (χ0) is 19.0. The molecule has 11 nitrogen and oxygen atoms in total. The van der Waals surface area contributed by atoms with Crippen LogP contribution in [0.3, 0.4) is 0 Å². The smallest absolute Gasteiger partial charge is 0.276 e. The molecule has 0 aliphatic carbocycles. The van der Waals surface area contributed by atoms with E-state index in [0.717, 1.165) is 0 Å². The summed E-state index contributed by atoms with van der Waals surface area (Å²) in [5.74, 6) is -0.974. The van der Waals surface area contributed by atoms with E-state index in [9.17, 15) is 14.7 Å². The van der Waals surface area contributed by atoms with Crippen LogP contribution >= 0.6 is 0 Å². The average Bonchev–Trinajstić information content (AvgIpc) is 3.31. The van der Waals surface area contributed by atoms with E-state index in [0.29, 0.717) is 23.7 Å². The van der Waals surface area contributed by atoms with Crippen LogP contribution in [0.1, 0.15) is 22.1 Å². The molecule has 1 fully saturated rings. The Morgan fingerprint density at radius 3 is 2.63 bits per heavy atom. The zero-order valence-corrected chi connectivity index (χ0v) is 14.0. The SMILES string of the molecule is NC(=O)C1(O)CN(C(=O)c2coc(Cc3ccc(-n4nccn4)cn3)n2)C1. The van der Waals surface area contributed by atoms with Crippen LogP contribution in [-0.4, -0.2) is 65.5 Å². The number of primary amides is 1. The molecule has 11 heteroatoms. The van der Waals surface area contributed by atoms with Crippen molar-refractivity contribution >= 4 is 11.8 Å². The summed E-state index contributed by atoms with van der Waals surface area (Å²) in [6.07, 6.45) is 6.30. The van der Waals surface area contributed by atoms with E-state index in [2.05, 4.69) is 20.2 Å². The summed E-state index contributed by atoms with van der Waals surface area (Å²) in [6.45, 7) is -0.318. The van der Waals surface area contributed by atoms with E-state index in [-0.39, 0.29) is 18.8 Å². The minimum atomic E-state index is -1.67. The highest BCUT2D eigenvalue weighted by Gasteiger charge is 2.49. The van der Waals surface area contributed by atoms with E-state index in [1.165, 1.54) is 16.0 Å². The summed E-state index contributed by atoms with van der Waals surface area (Å²) < 4.78 is 5.33. The molecule has 2 amide bonds. The van der Waals surface area contributed by atoms with Gasteiger partial charge in [0.15, 0.2) is 11.3 Å². The van der Waals surface area contributed by atoms with Crippen LogP contribution < -0.4 is 5.73 Å². The summed E-state index contributed by atoms with van der Waals surface area (Å²) in [6, 6.07) is 3.59. The number of amides is 2. The lowest BCUT2D eigenvalue weighted by atomic mass is 9.93. The van der Waals surface area contributed by atoms with Crippen molar-refractivity contribution in [2.45, 2.75) is 12.0 Å². The molecule has 1 aliphatic rings. The Balaban J connectivity index is 1.40. The Morgan fingerprint density at radius 2 is 2.00 bits per heavy atom. The van der Waals surface area contributed by atoms with Gasteiger partial charge in [-0.15, -0.1) is 0 Å². The summed E-state index contributed by atoms with van der Waals surface area (Å²) in [5.41, 5.74) is 4.92. The predicted octanol–water partition coefficient (Wildman–Crippen LogP) is -1.09. The van der Waals surface area contributed by atoms with Gasteiger partial charge in [0.2, 0.25) is 5.89 Å². The minimum Gasteiger partial charge on any atom is -0.448 e. The van der Waals surface area contributed by atoms with Crippen molar-refractivity contribution in [3.8, 4) is 5.69 Å². The number of likely N-dealkylation sites (tertiary alicyclic amines) is 1. The lowest BCUT2D eigenvalue weighted by molar-refractivity contribution is -0.151. The molecule has 0 unspecified atom stereocenters. The third kappa shape index (κ3) is 3.15. The van der Waals surface area contributed by atoms with Gasteiger partial charge in [-0.1, -0.05) is 0 Å². The van der Waals surface area contributed by atoms with Crippen LogP contribution in [0.4, 0.5) is 0 Å². The third-order valence-corrected chi connectivity index (χ3v) is 4.21. The number of nitrogens with two attached hydrogens (primary N) is 1. The topological polar surface area (TPSA) is 153 Å². The molecule has 0 spiro atoms. The number of aromatic nitrogens is 5. The Bertz CT molecular complexity index is 975. The molecule has 3 aromatic heterocycles. The standard InChI is InChI=1S/C16H15N7O4/c17-15(25)16(26)8-22(9-16)14(24)12-7-27-13(21-12)5-10-1-2-11(6-18-10)23-19-3-4-20-23/h1-4,6-7,26H,5,8-9H2,(H2,17,25). The van der Waals surface area contributed by atoms with Gasteiger partial charge in [-0.3, -0.25) is 14.6 Å². The van der Waals surface area contributed by atoms with Crippen molar-refractivity contribution in [3.63, 3.8) is 0 Å². The maximum atomic E-state index is 12.3. The van der Waals surface area contributed by atoms with E-state index in [1.54, 1.807) is 24.7 Å². The van der Waals surface area contributed by atoms with Crippen molar-refractivity contribution in [2.75, 3.05) is 13.1 Å². The van der Waals surface area contributed by atoms with Gasteiger partial charge >= 0.3 is 0 Å². The van der Waals surface area contributed by atoms with E-state index < -0.39 is 17.4 Å². The van der Waals surface area contributed by atoms with Gasteiger partial charge in [-0.25, -0.2) is 4.98 Å². The number of carbonyl (C=O) groups excluding carboxylic acids is 2. The number of oxazole rings is 1. The predicted molar refractivity (Wildman–Crippen MR) is 88.5 cm³/mol. The van der Waals surface area contributed by atoms with Gasteiger partial charge in [-0.05, 0) is 12.1 Å². The number of β-amino-alcohol motifs (C(OH)–C–C–N with tert-alkyl or cyclic N) is 1. The Kier molecular flexibility index (Phi) is 3.92. The lowest BCUT2D eigenvalue weighted by Gasteiger charge is -2.43. The second-order valence-corrected chi connectivity index (χ2v) is 6.19. The van der Waals surface area contributed by atoms with Crippen molar-refractivity contribution in [3.05, 3.63) is 54.3 Å². The van der Waals surface area contributed by atoms with Gasteiger partial charge in [0.1, 0.15) is 12.0 Å². The third-order valence-electron chi connectivity index (χ3n) is 4.21. The normalized spacial score (nSPS) is 15.4. The number of carbonyl (C=O) groups is 2. The summed E-state index contributed by atoms with van der Waals surface area (Å²) in [4.78, 5) is 34.6. The summed E-state index contributed by atoms with van der Waals surface area (Å²) >= 11 is 0. The molecule has 3 N–H and O–H groups in total. The van der Waals surface area contributed by atoms with Crippen LogP contribution in [0, 0.1) is 0 Å². The van der Waals surface area contributed by atoms with E-state index in [1.807, 2.05) is 6.07 Å². The first kappa shape index (κ1) is 16.8. The van der Waals surface area contributed by atoms with Crippen LogP contribution in [0.15, 0.2) is 41.4 Å². The molecular formula is C16H15N7O4. The fourth-order valence-corrected chi connectivity index (χ4v) is 2.68. The lowest BCUT2D eigenvalue weighted by Crippen LogP contribution is -2.69. The molecule has 27 heavy (non-hydrogen) atoms. The Morgan fingerprint density at radius 1 is 1.26 bits per heavy atom. The number of nitrogens with zero attached hydrogens (tertiary/aromatic N) is 6. The zero-order valence-electron chi connectivity index (χ0n) is 14.0. The molecule has 4 heterocycles. The highest BCUT2D eigenvalue weighted by molar-refractivity contribution is 5.95. The van der Waals surface area contributed by atoms with Crippen LogP contribution in [0.25, 0.3) is 5.69 Å². The monoisotopic (exact) mass is 369 g/mol. The average molecular weight is 369 g/mol. The largest absolute Gasteiger partial charge is 0.448 e. The number of rotatable bonds is 5. The molecule has 3 aromatic rings. The number of hydrogen-bond acceptors (Lipinski definition) is 8. The fraction of sp³-hybridized carbons (Fsp3) is 0.250. The number of aliphatic hydroxyl groups is 1. The fourth-order valence-electron chi connectivity index (χ4n) is 2.68. The van der Waals surface area contributed by atoms with Crippen molar-refractivity contribution in [1.29, 1.82) is 0 Å². The van der Waals surface area contributed by atoms with Crippen molar-refractivity contribution < 1.29 is 19.1 Å². The van der Waals surface area contributed by atoms with E-state index >= 15 is 0 Å². The van der Waals surface area contributed by atoms with E-state index in [4.69, 9.17) is 10.2 Å². The van der Waals surface area contributed by atoms with Crippen molar-refractivity contribution in [2.24, 2.45) is 5.73 Å². The maximum Gasteiger partial charge on any atom is 0.276 e. The molecule has 0 aromatic carbocycles. The van der Waals surface area contributed by atoms with Crippen LogP contribution in [0.2, 0.25) is 0 Å². The molecule has 0 bridgehead atoms. The van der Waals surface area contributed by atoms with Gasteiger partial charge < -0.3 is 20.2 Å². The highest BCUT2D eigenvalue weighted by atomic mass is 16.3.